The first-order valence-electron chi connectivity index (χ1n) is 7.24. The molecule has 7 heteroatoms. The van der Waals surface area contributed by atoms with Crippen LogP contribution in [0.25, 0.3) is 0 Å². The molecule has 118 valence electrons. The summed E-state index contributed by atoms with van der Waals surface area (Å²) in [5.41, 5.74) is 0.309. The number of carbonyl (C=O) groups excluding carboxylic acids is 1. The predicted molar refractivity (Wildman–Crippen MR) is 80.2 cm³/mol. The van der Waals surface area contributed by atoms with E-state index < -0.39 is 10.0 Å². The van der Waals surface area contributed by atoms with Crippen molar-refractivity contribution in [3.8, 4) is 0 Å². The fraction of sp³-hybridized carbons (Fsp3) is 0.643. The van der Waals surface area contributed by atoms with E-state index >= 15 is 0 Å². The van der Waals surface area contributed by atoms with Crippen LogP contribution in [0.1, 0.15) is 43.1 Å². The molecule has 0 radical (unpaired) electrons. The fourth-order valence-corrected chi connectivity index (χ4v) is 3.36. The monoisotopic (exact) mass is 313 g/mol. The number of nitrogens with one attached hydrogen (secondary N) is 1. The Labute approximate surface area is 125 Å². The third-order valence-electron chi connectivity index (χ3n) is 4.23. The number of nitrogens with two attached hydrogens (primary N) is 1. The van der Waals surface area contributed by atoms with E-state index in [2.05, 4.69) is 12.2 Å². The number of primary sulfonamides is 1. The van der Waals surface area contributed by atoms with Crippen molar-refractivity contribution in [2.75, 3.05) is 6.54 Å². The molecule has 1 fully saturated rings. The first kappa shape index (κ1) is 16.0. The first-order chi connectivity index (χ1) is 9.77. The van der Waals surface area contributed by atoms with Gasteiger partial charge in [-0.15, -0.1) is 0 Å². The van der Waals surface area contributed by atoms with Gasteiger partial charge in [0.1, 0.15) is 10.6 Å². The lowest BCUT2D eigenvalue weighted by Crippen LogP contribution is -2.32. The van der Waals surface area contributed by atoms with Gasteiger partial charge in [-0.05, 0) is 30.7 Å². The van der Waals surface area contributed by atoms with E-state index in [0.717, 1.165) is 18.8 Å². The van der Waals surface area contributed by atoms with Crippen molar-refractivity contribution in [1.82, 2.24) is 9.88 Å². The standard InChI is InChI=1S/C14H23N3O3S/c1-10-3-5-11(6-4-10)8-16-14(18)13-7-12(9-17(13)2)21(15,19)20/h7,9-11H,3-6,8H2,1-2H3,(H,16,18)(H2,15,19,20). The molecule has 3 N–H and O–H groups in total. The zero-order valence-electron chi connectivity index (χ0n) is 12.5. The number of rotatable bonds is 4. The summed E-state index contributed by atoms with van der Waals surface area (Å²) in [6.07, 6.45) is 6.04. The molecule has 0 unspecified atom stereocenters. The maximum Gasteiger partial charge on any atom is 0.267 e. The van der Waals surface area contributed by atoms with Crippen LogP contribution in [-0.2, 0) is 17.1 Å². The molecule has 0 saturated heterocycles. The summed E-state index contributed by atoms with van der Waals surface area (Å²) in [6.45, 7) is 2.90. The van der Waals surface area contributed by atoms with Gasteiger partial charge in [-0.2, -0.15) is 0 Å². The molecule has 1 heterocycles. The molecular weight excluding hydrogens is 290 g/mol. The van der Waals surface area contributed by atoms with E-state index in [4.69, 9.17) is 5.14 Å². The summed E-state index contributed by atoms with van der Waals surface area (Å²) in [5.74, 6) is 1.04. The number of aryl methyl sites for hydroxylation is 1. The average molecular weight is 313 g/mol. The van der Waals surface area contributed by atoms with Crippen LogP contribution in [0.2, 0.25) is 0 Å². The second-order valence-corrected chi connectivity index (χ2v) is 7.61. The highest BCUT2D eigenvalue weighted by atomic mass is 32.2. The van der Waals surface area contributed by atoms with Crippen LogP contribution in [-0.4, -0.2) is 25.4 Å². The Morgan fingerprint density at radius 2 is 2.00 bits per heavy atom. The molecule has 2 rings (SSSR count). The summed E-state index contributed by atoms with van der Waals surface area (Å²) in [7, 11) is -2.15. The first-order valence-corrected chi connectivity index (χ1v) is 8.79. The Kier molecular flexibility index (Phi) is 4.73. The molecule has 1 amide bonds. The van der Waals surface area contributed by atoms with Gasteiger partial charge in [-0.3, -0.25) is 4.79 Å². The number of amides is 1. The minimum absolute atomic E-state index is 0.0401. The molecular formula is C14H23N3O3S. The van der Waals surface area contributed by atoms with Gasteiger partial charge in [0.25, 0.3) is 5.91 Å². The van der Waals surface area contributed by atoms with Crippen molar-refractivity contribution in [2.45, 2.75) is 37.5 Å². The van der Waals surface area contributed by atoms with Crippen LogP contribution in [0.15, 0.2) is 17.2 Å². The average Bonchev–Trinajstić information content (AvgIpc) is 2.80. The number of sulfonamides is 1. The second kappa shape index (κ2) is 6.19. The Hall–Kier alpha value is -1.34. The van der Waals surface area contributed by atoms with E-state index in [-0.39, 0.29) is 10.8 Å². The minimum atomic E-state index is -3.78. The van der Waals surface area contributed by atoms with Crippen molar-refractivity contribution in [3.63, 3.8) is 0 Å². The van der Waals surface area contributed by atoms with Gasteiger partial charge in [-0.25, -0.2) is 13.6 Å². The lowest BCUT2D eigenvalue weighted by atomic mass is 9.83. The number of hydrogen-bond donors (Lipinski definition) is 2. The van der Waals surface area contributed by atoms with Crippen LogP contribution in [0, 0.1) is 11.8 Å². The van der Waals surface area contributed by atoms with E-state index in [0.29, 0.717) is 18.2 Å². The number of aromatic nitrogens is 1. The Morgan fingerprint density at radius 3 is 2.52 bits per heavy atom. The molecule has 0 aliphatic heterocycles. The molecule has 1 aromatic rings. The molecule has 1 aromatic heterocycles. The van der Waals surface area contributed by atoms with Crippen LogP contribution < -0.4 is 10.5 Å². The molecule has 0 spiro atoms. The highest BCUT2D eigenvalue weighted by Gasteiger charge is 2.21. The van der Waals surface area contributed by atoms with Gasteiger partial charge in [0, 0.05) is 19.8 Å². The van der Waals surface area contributed by atoms with E-state index in [9.17, 15) is 13.2 Å². The van der Waals surface area contributed by atoms with Gasteiger partial charge in [-0.1, -0.05) is 19.8 Å². The SMILES string of the molecule is CC1CCC(CNC(=O)c2cc(S(N)(=O)=O)cn2C)CC1. The van der Waals surface area contributed by atoms with Crippen molar-refractivity contribution in [1.29, 1.82) is 0 Å². The van der Waals surface area contributed by atoms with Gasteiger partial charge in [0.05, 0.1) is 0 Å². The van der Waals surface area contributed by atoms with Crippen LogP contribution in [0.5, 0.6) is 0 Å². The molecule has 1 aliphatic carbocycles. The molecule has 6 nitrogen and oxygen atoms in total. The van der Waals surface area contributed by atoms with Gasteiger partial charge < -0.3 is 9.88 Å². The predicted octanol–water partition coefficient (Wildman–Crippen LogP) is 1.23. The summed E-state index contributed by atoms with van der Waals surface area (Å²) in [4.78, 5) is 12.1. The zero-order chi connectivity index (χ0) is 15.6. The van der Waals surface area contributed by atoms with Crippen molar-refractivity contribution in [3.05, 3.63) is 18.0 Å². The Morgan fingerprint density at radius 1 is 1.38 bits per heavy atom. The molecule has 0 bridgehead atoms. The molecule has 0 atom stereocenters. The highest BCUT2D eigenvalue weighted by molar-refractivity contribution is 7.89. The third kappa shape index (κ3) is 4.07. The van der Waals surface area contributed by atoms with E-state index in [1.807, 2.05) is 0 Å². The van der Waals surface area contributed by atoms with Crippen molar-refractivity contribution >= 4 is 15.9 Å². The second-order valence-electron chi connectivity index (χ2n) is 6.05. The fourth-order valence-electron chi connectivity index (χ4n) is 2.78. The Bertz CT molecular complexity index is 613. The zero-order valence-corrected chi connectivity index (χ0v) is 13.3. The summed E-state index contributed by atoms with van der Waals surface area (Å²) < 4.78 is 24.1. The number of carbonyl (C=O) groups is 1. The van der Waals surface area contributed by atoms with Crippen LogP contribution in [0.3, 0.4) is 0 Å². The van der Waals surface area contributed by atoms with Gasteiger partial charge in [0.2, 0.25) is 10.0 Å². The van der Waals surface area contributed by atoms with E-state index in [1.54, 1.807) is 7.05 Å². The van der Waals surface area contributed by atoms with Gasteiger partial charge in [0.15, 0.2) is 0 Å². The summed E-state index contributed by atoms with van der Waals surface area (Å²) in [5, 5.41) is 7.96. The normalized spacial score (nSPS) is 23.0. The molecule has 1 aliphatic rings. The molecule has 1 saturated carbocycles. The van der Waals surface area contributed by atoms with Crippen LogP contribution in [0.4, 0.5) is 0 Å². The van der Waals surface area contributed by atoms with Crippen molar-refractivity contribution < 1.29 is 13.2 Å². The molecule has 21 heavy (non-hydrogen) atoms. The number of hydrogen-bond acceptors (Lipinski definition) is 3. The maximum absolute atomic E-state index is 12.1. The minimum Gasteiger partial charge on any atom is -0.350 e. The lowest BCUT2D eigenvalue weighted by Gasteiger charge is -2.26. The summed E-state index contributed by atoms with van der Waals surface area (Å²) in [6, 6.07) is 1.31. The number of nitrogens with zero attached hydrogens (tertiary/aromatic N) is 1. The highest BCUT2D eigenvalue weighted by Crippen LogP contribution is 2.27. The third-order valence-corrected chi connectivity index (χ3v) is 5.11. The van der Waals surface area contributed by atoms with Crippen molar-refractivity contribution in [2.24, 2.45) is 24.0 Å². The Balaban J connectivity index is 1.96. The van der Waals surface area contributed by atoms with E-state index in [1.165, 1.54) is 29.7 Å². The molecule has 0 aromatic carbocycles. The lowest BCUT2D eigenvalue weighted by molar-refractivity contribution is 0.0933. The topological polar surface area (TPSA) is 94.2 Å². The smallest absolute Gasteiger partial charge is 0.267 e. The van der Waals surface area contributed by atoms with Crippen LogP contribution >= 0.6 is 0 Å². The maximum atomic E-state index is 12.1. The largest absolute Gasteiger partial charge is 0.350 e. The quantitative estimate of drug-likeness (QED) is 0.875. The van der Waals surface area contributed by atoms with Gasteiger partial charge >= 0.3 is 0 Å². The summed E-state index contributed by atoms with van der Waals surface area (Å²) >= 11 is 0.